The van der Waals surface area contributed by atoms with Crippen LogP contribution >= 0.6 is 15.9 Å². The highest BCUT2D eigenvalue weighted by atomic mass is 79.9. The fourth-order valence-corrected chi connectivity index (χ4v) is 2.97. The Morgan fingerprint density at radius 2 is 2.00 bits per heavy atom. The molecule has 4 nitrogen and oxygen atoms in total. The number of aryl methyl sites for hydroxylation is 2. The van der Waals surface area contributed by atoms with Crippen molar-refractivity contribution in [1.82, 2.24) is 9.55 Å². The van der Waals surface area contributed by atoms with E-state index in [2.05, 4.69) is 26.2 Å². The van der Waals surface area contributed by atoms with Crippen LogP contribution in [0.3, 0.4) is 0 Å². The van der Waals surface area contributed by atoms with Crippen LogP contribution in [0.4, 0.5) is 5.69 Å². The lowest BCUT2D eigenvalue weighted by atomic mass is 10.2. The number of carbonyl (C=O) groups is 1. The van der Waals surface area contributed by atoms with Crippen molar-refractivity contribution in [1.29, 1.82) is 0 Å². The molecule has 5 heteroatoms. The standard InChI is InChI=1S/C17H16BrN3O/c1-11-9-13(18)7-8-14(11)20-17(22)10-21-12(2)19-15-5-3-4-6-16(15)21/h3-9H,10H2,1-2H3,(H,20,22). The summed E-state index contributed by atoms with van der Waals surface area (Å²) in [4.78, 5) is 16.8. The number of rotatable bonds is 3. The van der Waals surface area contributed by atoms with Crippen LogP contribution in [-0.2, 0) is 11.3 Å². The van der Waals surface area contributed by atoms with Crippen molar-refractivity contribution in [2.75, 3.05) is 5.32 Å². The van der Waals surface area contributed by atoms with E-state index in [1.165, 1.54) is 0 Å². The summed E-state index contributed by atoms with van der Waals surface area (Å²) in [6.45, 7) is 4.14. The molecule has 0 saturated heterocycles. The number of aromatic nitrogens is 2. The lowest BCUT2D eigenvalue weighted by Gasteiger charge is -2.10. The number of benzene rings is 2. The maximum atomic E-state index is 12.3. The number of nitrogens with one attached hydrogen (secondary N) is 1. The third-order valence-electron chi connectivity index (χ3n) is 3.61. The molecule has 1 N–H and O–H groups in total. The van der Waals surface area contributed by atoms with Gasteiger partial charge in [0.25, 0.3) is 0 Å². The van der Waals surface area contributed by atoms with Gasteiger partial charge >= 0.3 is 0 Å². The van der Waals surface area contributed by atoms with Gasteiger partial charge < -0.3 is 9.88 Å². The van der Waals surface area contributed by atoms with E-state index in [1.807, 2.05) is 60.9 Å². The first kappa shape index (κ1) is 14.8. The van der Waals surface area contributed by atoms with Crippen LogP contribution < -0.4 is 5.32 Å². The average molecular weight is 358 g/mol. The third kappa shape index (κ3) is 2.90. The summed E-state index contributed by atoms with van der Waals surface area (Å²) in [5.41, 5.74) is 3.74. The summed E-state index contributed by atoms with van der Waals surface area (Å²) >= 11 is 3.42. The van der Waals surface area contributed by atoms with Gasteiger partial charge in [-0.3, -0.25) is 4.79 Å². The highest BCUT2D eigenvalue weighted by Gasteiger charge is 2.11. The Morgan fingerprint density at radius 3 is 2.77 bits per heavy atom. The molecule has 22 heavy (non-hydrogen) atoms. The monoisotopic (exact) mass is 357 g/mol. The van der Waals surface area contributed by atoms with Gasteiger partial charge in [0.1, 0.15) is 12.4 Å². The minimum atomic E-state index is -0.0586. The predicted octanol–water partition coefficient (Wildman–Crippen LogP) is 4.05. The molecule has 0 aliphatic carbocycles. The van der Waals surface area contributed by atoms with Gasteiger partial charge in [-0.2, -0.15) is 0 Å². The molecule has 0 fully saturated rings. The maximum absolute atomic E-state index is 12.3. The van der Waals surface area contributed by atoms with Gasteiger partial charge in [-0.05, 0) is 49.7 Å². The van der Waals surface area contributed by atoms with Crippen molar-refractivity contribution in [3.05, 3.63) is 58.3 Å². The highest BCUT2D eigenvalue weighted by molar-refractivity contribution is 9.10. The first-order chi connectivity index (χ1) is 10.5. The quantitative estimate of drug-likeness (QED) is 0.768. The summed E-state index contributed by atoms with van der Waals surface area (Å²) in [5, 5.41) is 2.96. The molecule has 0 bridgehead atoms. The summed E-state index contributed by atoms with van der Waals surface area (Å²) in [6.07, 6.45) is 0. The lowest BCUT2D eigenvalue weighted by Crippen LogP contribution is -2.20. The first-order valence-electron chi connectivity index (χ1n) is 7.02. The molecule has 3 aromatic rings. The van der Waals surface area contributed by atoms with Crippen molar-refractivity contribution in [2.24, 2.45) is 0 Å². The van der Waals surface area contributed by atoms with Gasteiger partial charge in [0.15, 0.2) is 0 Å². The number of nitrogens with zero attached hydrogens (tertiary/aromatic N) is 2. The second kappa shape index (κ2) is 5.93. The first-order valence-corrected chi connectivity index (χ1v) is 7.82. The number of fused-ring (bicyclic) bond motifs is 1. The third-order valence-corrected chi connectivity index (χ3v) is 4.10. The van der Waals surface area contributed by atoms with Crippen molar-refractivity contribution in [3.63, 3.8) is 0 Å². The number of carbonyl (C=O) groups excluding carboxylic acids is 1. The number of amides is 1. The molecule has 0 spiro atoms. The Bertz CT molecular complexity index is 854. The molecular formula is C17H16BrN3O. The van der Waals surface area contributed by atoms with E-state index < -0.39 is 0 Å². The van der Waals surface area contributed by atoms with E-state index in [4.69, 9.17) is 0 Å². The van der Waals surface area contributed by atoms with Crippen molar-refractivity contribution in [3.8, 4) is 0 Å². The molecule has 0 unspecified atom stereocenters. The highest BCUT2D eigenvalue weighted by Crippen LogP contribution is 2.20. The fourth-order valence-electron chi connectivity index (χ4n) is 2.50. The predicted molar refractivity (Wildman–Crippen MR) is 92.0 cm³/mol. The largest absolute Gasteiger partial charge is 0.324 e. The number of para-hydroxylation sites is 2. The molecule has 0 atom stereocenters. The van der Waals surface area contributed by atoms with Crippen LogP contribution in [0.5, 0.6) is 0 Å². The Labute approximate surface area is 137 Å². The van der Waals surface area contributed by atoms with E-state index in [1.54, 1.807) is 0 Å². The number of hydrogen-bond donors (Lipinski definition) is 1. The zero-order chi connectivity index (χ0) is 15.7. The van der Waals surface area contributed by atoms with Crippen molar-refractivity contribution >= 4 is 38.6 Å². The van der Waals surface area contributed by atoms with Gasteiger partial charge in [-0.25, -0.2) is 4.98 Å². The van der Waals surface area contributed by atoms with Crippen LogP contribution in [-0.4, -0.2) is 15.5 Å². The molecule has 0 radical (unpaired) electrons. The molecule has 3 rings (SSSR count). The lowest BCUT2D eigenvalue weighted by molar-refractivity contribution is -0.116. The minimum Gasteiger partial charge on any atom is -0.324 e. The van der Waals surface area contributed by atoms with E-state index in [0.29, 0.717) is 0 Å². The summed E-state index contributed by atoms with van der Waals surface area (Å²) < 4.78 is 2.93. The molecule has 112 valence electrons. The van der Waals surface area contributed by atoms with Gasteiger partial charge in [0.05, 0.1) is 11.0 Å². The van der Waals surface area contributed by atoms with E-state index in [0.717, 1.165) is 32.6 Å². The van der Waals surface area contributed by atoms with Crippen LogP contribution in [0.15, 0.2) is 46.9 Å². The second-order valence-electron chi connectivity index (χ2n) is 5.24. The molecule has 2 aromatic carbocycles. The zero-order valence-corrected chi connectivity index (χ0v) is 14.0. The number of imidazole rings is 1. The topological polar surface area (TPSA) is 46.9 Å². The molecule has 0 aliphatic rings. The number of hydrogen-bond acceptors (Lipinski definition) is 2. The van der Waals surface area contributed by atoms with Crippen molar-refractivity contribution < 1.29 is 4.79 Å². The Kier molecular flexibility index (Phi) is 3.98. The normalized spacial score (nSPS) is 10.9. The second-order valence-corrected chi connectivity index (χ2v) is 6.16. The average Bonchev–Trinajstić information content (AvgIpc) is 2.78. The van der Waals surface area contributed by atoms with Gasteiger partial charge in [-0.15, -0.1) is 0 Å². The minimum absolute atomic E-state index is 0.0586. The zero-order valence-electron chi connectivity index (χ0n) is 12.4. The van der Waals surface area contributed by atoms with E-state index in [-0.39, 0.29) is 12.5 Å². The Morgan fingerprint density at radius 1 is 1.23 bits per heavy atom. The number of halogens is 1. The Hall–Kier alpha value is -2.14. The van der Waals surface area contributed by atoms with Crippen LogP contribution in [0.2, 0.25) is 0 Å². The molecular weight excluding hydrogens is 342 g/mol. The van der Waals surface area contributed by atoms with E-state index in [9.17, 15) is 4.79 Å². The van der Waals surface area contributed by atoms with Gasteiger partial charge in [-0.1, -0.05) is 28.1 Å². The maximum Gasteiger partial charge on any atom is 0.244 e. The number of anilines is 1. The summed E-state index contributed by atoms with van der Waals surface area (Å²) in [5.74, 6) is 0.778. The van der Waals surface area contributed by atoms with Crippen molar-refractivity contribution in [2.45, 2.75) is 20.4 Å². The Balaban J connectivity index is 1.83. The molecule has 0 aliphatic heterocycles. The van der Waals surface area contributed by atoms with Crippen LogP contribution in [0.1, 0.15) is 11.4 Å². The summed E-state index contributed by atoms with van der Waals surface area (Å²) in [6, 6.07) is 13.6. The van der Waals surface area contributed by atoms with Crippen LogP contribution in [0.25, 0.3) is 11.0 Å². The SMILES string of the molecule is Cc1cc(Br)ccc1NC(=O)Cn1c(C)nc2ccccc21. The van der Waals surface area contributed by atoms with E-state index >= 15 is 0 Å². The molecule has 1 aromatic heterocycles. The van der Waals surface area contributed by atoms with Gasteiger partial charge in [0, 0.05) is 10.2 Å². The van der Waals surface area contributed by atoms with Gasteiger partial charge in [0.2, 0.25) is 5.91 Å². The fraction of sp³-hybridized carbons (Fsp3) is 0.176. The molecule has 1 amide bonds. The molecule has 1 heterocycles. The molecule has 0 saturated carbocycles. The smallest absolute Gasteiger partial charge is 0.244 e. The van der Waals surface area contributed by atoms with Crippen LogP contribution in [0, 0.1) is 13.8 Å². The summed E-state index contributed by atoms with van der Waals surface area (Å²) in [7, 11) is 0.